The molecule has 0 radical (unpaired) electrons. The van der Waals surface area contributed by atoms with Crippen LogP contribution in [0.25, 0.3) is 0 Å². The van der Waals surface area contributed by atoms with Crippen LogP contribution >= 0.6 is 0 Å². The van der Waals surface area contributed by atoms with Gasteiger partial charge in [-0.2, -0.15) is 4.31 Å². The number of rotatable bonds is 6. The van der Waals surface area contributed by atoms with Gasteiger partial charge in [0.05, 0.1) is 18.1 Å². The molecule has 0 aliphatic heterocycles. The number of aliphatic hydroxyl groups excluding tert-OH is 1. The molecule has 0 amide bonds. The molecule has 2 aromatic rings. The predicted octanol–water partition coefficient (Wildman–Crippen LogP) is 2.67. The fraction of sp³-hybridized carbons (Fsp3) is 0.333. The predicted molar refractivity (Wildman–Crippen MR) is 93.7 cm³/mol. The fourth-order valence-corrected chi connectivity index (χ4v) is 3.93. The van der Waals surface area contributed by atoms with E-state index in [1.807, 2.05) is 13.0 Å². The van der Waals surface area contributed by atoms with E-state index in [0.29, 0.717) is 16.9 Å². The number of ether oxygens (including phenoxy) is 1. The first-order valence-corrected chi connectivity index (χ1v) is 9.05. The van der Waals surface area contributed by atoms with Crippen LogP contribution in [0.1, 0.15) is 22.8 Å². The first-order chi connectivity index (χ1) is 11.3. The summed E-state index contributed by atoms with van der Waals surface area (Å²) in [5.74, 6) is 0.617. The van der Waals surface area contributed by atoms with Gasteiger partial charge in [-0.3, -0.25) is 0 Å². The van der Waals surface area contributed by atoms with Gasteiger partial charge in [0.25, 0.3) is 0 Å². The van der Waals surface area contributed by atoms with Crippen molar-refractivity contribution in [2.75, 3.05) is 20.7 Å². The Morgan fingerprint density at radius 1 is 1.17 bits per heavy atom. The average Bonchev–Trinajstić information content (AvgIpc) is 2.56. The van der Waals surface area contributed by atoms with Crippen molar-refractivity contribution >= 4 is 10.0 Å². The van der Waals surface area contributed by atoms with E-state index in [4.69, 9.17) is 4.74 Å². The number of likely N-dealkylation sites (N-methyl/N-ethyl adjacent to an activating group) is 1. The number of nitrogens with zero attached hydrogens (tertiary/aromatic N) is 1. The minimum atomic E-state index is -3.67. The lowest BCUT2D eigenvalue weighted by atomic mass is 10.1. The number of sulfonamides is 1. The lowest BCUT2D eigenvalue weighted by Gasteiger charge is -2.22. The molecule has 130 valence electrons. The summed E-state index contributed by atoms with van der Waals surface area (Å²) in [6, 6.07) is 12.3. The molecule has 6 heteroatoms. The maximum Gasteiger partial charge on any atom is 0.243 e. The molecule has 5 nitrogen and oxygen atoms in total. The van der Waals surface area contributed by atoms with E-state index in [0.717, 1.165) is 5.56 Å². The summed E-state index contributed by atoms with van der Waals surface area (Å²) in [6.07, 6.45) is -0.940. The highest BCUT2D eigenvalue weighted by Crippen LogP contribution is 2.24. The van der Waals surface area contributed by atoms with Gasteiger partial charge < -0.3 is 9.84 Å². The topological polar surface area (TPSA) is 66.8 Å². The van der Waals surface area contributed by atoms with Crippen molar-refractivity contribution in [3.05, 3.63) is 59.2 Å². The van der Waals surface area contributed by atoms with E-state index in [1.165, 1.54) is 11.4 Å². The van der Waals surface area contributed by atoms with Crippen LogP contribution in [0, 0.1) is 13.8 Å². The second-order valence-corrected chi connectivity index (χ2v) is 7.86. The molecule has 0 saturated carbocycles. The van der Waals surface area contributed by atoms with Gasteiger partial charge in [0, 0.05) is 13.6 Å². The van der Waals surface area contributed by atoms with Crippen LogP contribution in [0.3, 0.4) is 0 Å². The SMILES string of the molecule is COc1cccc(C(O)CN(C)S(=O)(=O)c2cc(C)ccc2C)c1. The van der Waals surface area contributed by atoms with Gasteiger partial charge >= 0.3 is 0 Å². The number of methoxy groups -OCH3 is 1. The van der Waals surface area contributed by atoms with Crippen LogP contribution in [0.15, 0.2) is 47.4 Å². The Labute approximate surface area is 143 Å². The van der Waals surface area contributed by atoms with Gasteiger partial charge in [0.2, 0.25) is 10.0 Å². The van der Waals surface area contributed by atoms with Gasteiger partial charge in [0.1, 0.15) is 5.75 Å². The zero-order valence-corrected chi connectivity index (χ0v) is 15.2. The molecule has 0 spiro atoms. The number of aryl methyl sites for hydroxylation is 2. The molecular weight excluding hydrogens is 326 g/mol. The number of hydrogen-bond acceptors (Lipinski definition) is 4. The van der Waals surface area contributed by atoms with Crippen molar-refractivity contribution in [2.24, 2.45) is 0 Å². The van der Waals surface area contributed by atoms with Gasteiger partial charge in [-0.25, -0.2) is 8.42 Å². The minimum absolute atomic E-state index is 0.0388. The molecule has 2 aromatic carbocycles. The molecule has 0 aromatic heterocycles. The van der Waals surface area contributed by atoms with Crippen LogP contribution in [0.4, 0.5) is 0 Å². The van der Waals surface area contributed by atoms with Crippen LogP contribution < -0.4 is 4.74 Å². The Morgan fingerprint density at radius 3 is 2.54 bits per heavy atom. The van der Waals surface area contributed by atoms with Crippen LogP contribution in [-0.2, 0) is 10.0 Å². The third-order valence-electron chi connectivity index (χ3n) is 3.94. The van der Waals surface area contributed by atoms with Crippen molar-refractivity contribution in [1.82, 2.24) is 4.31 Å². The van der Waals surface area contributed by atoms with Crippen molar-refractivity contribution in [3.63, 3.8) is 0 Å². The third kappa shape index (κ3) is 3.95. The summed E-state index contributed by atoms with van der Waals surface area (Å²) in [6.45, 7) is 3.57. The summed E-state index contributed by atoms with van der Waals surface area (Å²) in [7, 11) is -0.652. The van der Waals surface area contributed by atoms with E-state index in [2.05, 4.69) is 0 Å². The average molecular weight is 349 g/mol. The van der Waals surface area contributed by atoms with Gasteiger partial charge in [-0.15, -0.1) is 0 Å². The van der Waals surface area contributed by atoms with Gasteiger partial charge in [0.15, 0.2) is 0 Å². The number of hydrogen-bond donors (Lipinski definition) is 1. The standard InChI is InChI=1S/C18H23NO4S/c1-13-8-9-14(2)18(10-13)24(21,22)19(3)12-17(20)15-6-5-7-16(11-15)23-4/h5-11,17,20H,12H2,1-4H3. The zero-order valence-electron chi connectivity index (χ0n) is 14.4. The van der Waals surface area contributed by atoms with E-state index in [1.54, 1.807) is 50.4 Å². The molecule has 0 aliphatic carbocycles. The summed E-state index contributed by atoms with van der Waals surface area (Å²) < 4.78 is 31.9. The molecule has 1 atom stereocenters. The maximum absolute atomic E-state index is 12.8. The van der Waals surface area contributed by atoms with Gasteiger partial charge in [-0.1, -0.05) is 24.3 Å². The summed E-state index contributed by atoms with van der Waals surface area (Å²) in [5.41, 5.74) is 2.17. The highest BCUT2D eigenvalue weighted by Gasteiger charge is 2.25. The summed E-state index contributed by atoms with van der Waals surface area (Å²) in [4.78, 5) is 0.267. The number of aliphatic hydroxyl groups is 1. The minimum Gasteiger partial charge on any atom is -0.497 e. The lowest BCUT2D eigenvalue weighted by Crippen LogP contribution is -2.31. The van der Waals surface area contributed by atoms with Gasteiger partial charge in [-0.05, 0) is 48.7 Å². The largest absolute Gasteiger partial charge is 0.497 e. The molecule has 1 unspecified atom stereocenters. The zero-order chi connectivity index (χ0) is 17.9. The Bertz CT molecular complexity index is 818. The summed E-state index contributed by atoms with van der Waals surface area (Å²) in [5, 5.41) is 10.4. The molecule has 2 rings (SSSR count). The van der Waals surface area contributed by atoms with Crippen LogP contribution in [-0.4, -0.2) is 38.5 Å². The van der Waals surface area contributed by atoms with Crippen molar-refractivity contribution in [2.45, 2.75) is 24.8 Å². The highest BCUT2D eigenvalue weighted by atomic mass is 32.2. The molecule has 24 heavy (non-hydrogen) atoms. The smallest absolute Gasteiger partial charge is 0.243 e. The lowest BCUT2D eigenvalue weighted by molar-refractivity contribution is 0.154. The molecular formula is C18H23NO4S. The molecule has 0 heterocycles. The molecule has 0 saturated heterocycles. The van der Waals surface area contributed by atoms with E-state index in [9.17, 15) is 13.5 Å². The maximum atomic E-state index is 12.8. The molecule has 0 bridgehead atoms. The molecule has 0 fully saturated rings. The quantitative estimate of drug-likeness (QED) is 0.871. The van der Waals surface area contributed by atoms with E-state index < -0.39 is 16.1 Å². The molecule has 0 aliphatic rings. The van der Waals surface area contributed by atoms with E-state index >= 15 is 0 Å². The Hall–Kier alpha value is -1.89. The van der Waals surface area contributed by atoms with Crippen LogP contribution in [0.2, 0.25) is 0 Å². The third-order valence-corrected chi connectivity index (χ3v) is 5.91. The first-order valence-electron chi connectivity index (χ1n) is 7.61. The highest BCUT2D eigenvalue weighted by molar-refractivity contribution is 7.89. The Balaban J connectivity index is 2.24. The number of benzene rings is 2. The second kappa shape index (κ2) is 7.34. The normalized spacial score (nSPS) is 13.1. The summed E-state index contributed by atoms with van der Waals surface area (Å²) >= 11 is 0. The molecule has 1 N–H and O–H groups in total. The van der Waals surface area contributed by atoms with E-state index in [-0.39, 0.29) is 11.4 Å². The Morgan fingerprint density at radius 2 is 1.88 bits per heavy atom. The monoisotopic (exact) mass is 349 g/mol. The second-order valence-electron chi connectivity index (χ2n) is 5.85. The Kier molecular flexibility index (Phi) is 5.64. The fourth-order valence-electron chi connectivity index (χ4n) is 2.45. The van der Waals surface area contributed by atoms with Crippen molar-refractivity contribution < 1.29 is 18.3 Å². The van der Waals surface area contributed by atoms with Crippen LogP contribution in [0.5, 0.6) is 5.75 Å². The van der Waals surface area contributed by atoms with Crippen molar-refractivity contribution in [1.29, 1.82) is 0 Å². The first kappa shape index (κ1) is 18.4. The van der Waals surface area contributed by atoms with Crippen molar-refractivity contribution in [3.8, 4) is 5.75 Å².